The second-order valence-corrected chi connectivity index (χ2v) is 5.00. The summed E-state index contributed by atoms with van der Waals surface area (Å²) >= 11 is 5.75. The standard InChI is InChI=1S/C14H13ClN2O5/c15-10-4-3-9(6-12(10)17(20)21)8-16-11(7-14(18)19)13-2-1-5-22-13/h1-6,11,16H,7-8H2,(H,18,19)/t11-/m1/s1. The molecule has 1 aromatic carbocycles. The fourth-order valence-electron chi connectivity index (χ4n) is 1.99. The topological polar surface area (TPSA) is 106 Å². The second-order valence-electron chi connectivity index (χ2n) is 4.59. The quantitative estimate of drug-likeness (QED) is 0.598. The van der Waals surface area contributed by atoms with Gasteiger partial charge in [-0.2, -0.15) is 0 Å². The molecule has 0 saturated carbocycles. The maximum Gasteiger partial charge on any atom is 0.305 e. The average molecular weight is 325 g/mol. The molecular formula is C14H13ClN2O5. The van der Waals surface area contributed by atoms with Crippen LogP contribution in [0, 0.1) is 10.1 Å². The van der Waals surface area contributed by atoms with E-state index < -0.39 is 16.9 Å². The molecule has 2 rings (SSSR count). The van der Waals surface area contributed by atoms with Crippen LogP contribution in [0.1, 0.15) is 23.8 Å². The summed E-state index contributed by atoms with van der Waals surface area (Å²) in [5.74, 6) is -0.484. The van der Waals surface area contributed by atoms with Crippen LogP contribution in [-0.2, 0) is 11.3 Å². The Morgan fingerprint density at radius 2 is 2.23 bits per heavy atom. The van der Waals surface area contributed by atoms with Crippen molar-refractivity contribution in [1.82, 2.24) is 5.32 Å². The SMILES string of the molecule is O=C(O)C[C@@H](NCc1ccc(Cl)c([N+](=O)[O-])c1)c1ccco1. The van der Waals surface area contributed by atoms with Crippen molar-refractivity contribution in [1.29, 1.82) is 0 Å². The number of hydrogen-bond acceptors (Lipinski definition) is 5. The van der Waals surface area contributed by atoms with Crippen LogP contribution in [0.4, 0.5) is 5.69 Å². The number of carbonyl (C=O) groups is 1. The molecule has 1 aromatic heterocycles. The lowest BCUT2D eigenvalue weighted by molar-refractivity contribution is -0.384. The van der Waals surface area contributed by atoms with Gasteiger partial charge in [-0.05, 0) is 23.8 Å². The Hall–Kier alpha value is -2.38. The normalized spacial score (nSPS) is 12.0. The smallest absolute Gasteiger partial charge is 0.305 e. The molecule has 116 valence electrons. The van der Waals surface area contributed by atoms with Gasteiger partial charge < -0.3 is 14.8 Å². The molecular weight excluding hydrogens is 312 g/mol. The molecule has 0 spiro atoms. The van der Waals surface area contributed by atoms with E-state index in [9.17, 15) is 14.9 Å². The monoisotopic (exact) mass is 324 g/mol. The van der Waals surface area contributed by atoms with Crippen molar-refractivity contribution in [3.8, 4) is 0 Å². The lowest BCUT2D eigenvalue weighted by Crippen LogP contribution is -2.23. The number of furan rings is 1. The van der Waals surface area contributed by atoms with E-state index in [4.69, 9.17) is 21.1 Å². The minimum atomic E-state index is -0.976. The summed E-state index contributed by atoms with van der Waals surface area (Å²) < 4.78 is 5.21. The van der Waals surface area contributed by atoms with Crippen molar-refractivity contribution in [2.45, 2.75) is 19.0 Å². The van der Waals surface area contributed by atoms with Crippen molar-refractivity contribution in [3.05, 3.63) is 63.1 Å². The molecule has 1 heterocycles. The molecule has 0 unspecified atom stereocenters. The summed E-state index contributed by atoms with van der Waals surface area (Å²) in [4.78, 5) is 21.2. The number of carboxylic acid groups (broad SMARTS) is 1. The Balaban J connectivity index is 2.11. The van der Waals surface area contributed by atoms with Gasteiger partial charge in [0.25, 0.3) is 5.69 Å². The number of aliphatic carboxylic acids is 1. The first-order valence-corrected chi connectivity index (χ1v) is 6.76. The molecule has 2 N–H and O–H groups in total. The maximum absolute atomic E-state index is 10.9. The molecule has 0 aliphatic rings. The molecule has 0 fully saturated rings. The molecule has 0 radical (unpaired) electrons. The molecule has 7 nitrogen and oxygen atoms in total. The van der Waals surface area contributed by atoms with E-state index in [1.165, 1.54) is 18.4 Å². The van der Waals surface area contributed by atoms with Crippen LogP contribution in [-0.4, -0.2) is 16.0 Å². The van der Waals surface area contributed by atoms with Crippen molar-refractivity contribution >= 4 is 23.3 Å². The maximum atomic E-state index is 10.9. The minimum absolute atomic E-state index is 0.0573. The molecule has 0 aliphatic heterocycles. The average Bonchev–Trinajstić information content (AvgIpc) is 2.98. The van der Waals surface area contributed by atoms with Gasteiger partial charge in [0, 0.05) is 12.6 Å². The molecule has 0 amide bonds. The highest BCUT2D eigenvalue weighted by Crippen LogP contribution is 2.25. The van der Waals surface area contributed by atoms with Crippen LogP contribution >= 0.6 is 11.6 Å². The number of nitrogens with one attached hydrogen (secondary N) is 1. The Bertz CT molecular complexity index is 672. The molecule has 22 heavy (non-hydrogen) atoms. The van der Waals surface area contributed by atoms with E-state index in [2.05, 4.69) is 5.32 Å². The van der Waals surface area contributed by atoms with Gasteiger partial charge in [0.05, 0.1) is 23.6 Å². The van der Waals surface area contributed by atoms with Gasteiger partial charge in [-0.25, -0.2) is 0 Å². The fourth-order valence-corrected chi connectivity index (χ4v) is 2.17. The third-order valence-corrected chi connectivity index (χ3v) is 3.34. The fraction of sp³-hybridized carbons (Fsp3) is 0.214. The highest BCUT2D eigenvalue weighted by atomic mass is 35.5. The number of nitro benzene ring substituents is 1. The van der Waals surface area contributed by atoms with E-state index in [0.29, 0.717) is 11.3 Å². The van der Waals surface area contributed by atoms with Gasteiger partial charge in [0.1, 0.15) is 10.8 Å². The second kappa shape index (κ2) is 7.06. The zero-order chi connectivity index (χ0) is 16.1. The van der Waals surface area contributed by atoms with Crippen LogP contribution in [0.25, 0.3) is 0 Å². The zero-order valence-corrected chi connectivity index (χ0v) is 12.1. The van der Waals surface area contributed by atoms with E-state index in [0.717, 1.165) is 0 Å². The van der Waals surface area contributed by atoms with Crippen molar-refractivity contribution < 1.29 is 19.2 Å². The van der Waals surface area contributed by atoms with Gasteiger partial charge >= 0.3 is 5.97 Å². The molecule has 2 aromatic rings. The van der Waals surface area contributed by atoms with E-state index in [1.807, 2.05) is 0 Å². The first-order valence-electron chi connectivity index (χ1n) is 6.38. The first kappa shape index (κ1) is 16.0. The number of hydrogen-bond donors (Lipinski definition) is 2. The lowest BCUT2D eigenvalue weighted by Gasteiger charge is -2.14. The molecule has 0 bridgehead atoms. The summed E-state index contributed by atoms with van der Waals surface area (Å²) in [6.07, 6.45) is 1.29. The number of rotatable bonds is 7. The Labute approximate surface area is 130 Å². The van der Waals surface area contributed by atoms with Crippen LogP contribution in [0.5, 0.6) is 0 Å². The number of carboxylic acids is 1. The number of benzene rings is 1. The predicted octanol–water partition coefficient (Wildman–Crippen LogP) is 3.15. The van der Waals surface area contributed by atoms with Crippen molar-refractivity contribution in [2.75, 3.05) is 0 Å². The van der Waals surface area contributed by atoms with Crippen molar-refractivity contribution in [3.63, 3.8) is 0 Å². The zero-order valence-electron chi connectivity index (χ0n) is 11.4. The van der Waals surface area contributed by atoms with Gasteiger partial charge in [-0.3, -0.25) is 14.9 Å². The van der Waals surface area contributed by atoms with E-state index in [1.54, 1.807) is 18.2 Å². The van der Waals surface area contributed by atoms with Crippen molar-refractivity contribution in [2.24, 2.45) is 0 Å². The highest BCUT2D eigenvalue weighted by Gasteiger charge is 2.18. The Kier molecular flexibility index (Phi) is 5.13. The summed E-state index contributed by atoms with van der Waals surface area (Å²) in [5, 5.41) is 22.9. The number of halogens is 1. The van der Waals surface area contributed by atoms with Gasteiger partial charge in [-0.1, -0.05) is 17.7 Å². The number of nitro groups is 1. The summed E-state index contributed by atoms with van der Waals surface area (Å²) in [6, 6.07) is 7.25. The summed E-state index contributed by atoms with van der Waals surface area (Å²) in [5.41, 5.74) is 0.437. The largest absolute Gasteiger partial charge is 0.481 e. The third kappa shape index (κ3) is 4.06. The van der Waals surface area contributed by atoms with E-state index >= 15 is 0 Å². The van der Waals surface area contributed by atoms with Gasteiger partial charge in [-0.15, -0.1) is 0 Å². The highest BCUT2D eigenvalue weighted by molar-refractivity contribution is 6.32. The molecule has 1 atom stereocenters. The summed E-state index contributed by atoms with van der Waals surface area (Å²) in [6.45, 7) is 0.247. The van der Waals surface area contributed by atoms with E-state index in [-0.39, 0.29) is 23.7 Å². The van der Waals surface area contributed by atoms with Crippen LogP contribution < -0.4 is 5.32 Å². The van der Waals surface area contributed by atoms with Gasteiger partial charge in [0.2, 0.25) is 0 Å². The first-order chi connectivity index (χ1) is 10.5. The van der Waals surface area contributed by atoms with Crippen LogP contribution in [0.15, 0.2) is 41.0 Å². The Morgan fingerprint density at radius 1 is 1.45 bits per heavy atom. The van der Waals surface area contributed by atoms with Crippen LogP contribution in [0.2, 0.25) is 5.02 Å². The molecule has 0 aliphatic carbocycles. The number of nitrogens with zero attached hydrogens (tertiary/aromatic N) is 1. The summed E-state index contributed by atoms with van der Waals surface area (Å²) in [7, 11) is 0. The minimum Gasteiger partial charge on any atom is -0.481 e. The molecule has 0 saturated heterocycles. The predicted molar refractivity (Wildman–Crippen MR) is 78.6 cm³/mol. The lowest BCUT2D eigenvalue weighted by atomic mass is 10.1. The van der Waals surface area contributed by atoms with Gasteiger partial charge in [0.15, 0.2) is 0 Å². The van der Waals surface area contributed by atoms with Crippen LogP contribution in [0.3, 0.4) is 0 Å². The third-order valence-electron chi connectivity index (χ3n) is 3.03. The Morgan fingerprint density at radius 3 is 2.82 bits per heavy atom. The molecule has 8 heteroatoms.